The Hall–Kier alpha value is -2.20. The molecule has 26 heavy (non-hydrogen) atoms. The third-order valence-corrected chi connectivity index (χ3v) is 5.64. The first kappa shape index (κ1) is 18.6. The van der Waals surface area contributed by atoms with Gasteiger partial charge in [0.1, 0.15) is 0 Å². The lowest BCUT2D eigenvalue weighted by Gasteiger charge is -2.14. The quantitative estimate of drug-likeness (QED) is 0.847. The van der Waals surface area contributed by atoms with Crippen molar-refractivity contribution < 1.29 is 21.6 Å². The van der Waals surface area contributed by atoms with Crippen LogP contribution in [0, 0.1) is 0 Å². The number of sulfonamides is 1. The lowest BCUT2D eigenvalue weighted by molar-refractivity contribution is -0.139. The summed E-state index contributed by atoms with van der Waals surface area (Å²) in [6, 6.07) is 5.42. The standard InChI is InChI=1S/C16H16F3N3O3S/c17-16(18,19)12-5-1-2-7-14(12)26(24,25)20-8-9-22-15(23)10-11-4-3-6-13(11)21-22/h1-2,5,7,10,20H,3-4,6,8-9H2. The Morgan fingerprint density at radius 2 is 1.92 bits per heavy atom. The van der Waals surface area contributed by atoms with Crippen LogP contribution in [-0.2, 0) is 35.6 Å². The molecule has 1 aromatic heterocycles. The van der Waals surface area contributed by atoms with E-state index in [0.29, 0.717) is 6.07 Å². The van der Waals surface area contributed by atoms with Crippen LogP contribution in [0.5, 0.6) is 0 Å². The number of hydrogen-bond donors (Lipinski definition) is 1. The van der Waals surface area contributed by atoms with Gasteiger partial charge in [-0.15, -0.1) is 0 Å². The van der Waals surface area contributed by atoms with E-state index in [1.165, 1.54) is 12.1 Å². The van der Waals surface area contributed by atoms with Gasteiger partial charge in [0.2, 0.25) is 10.0 Å². The molecule has 0 bridgehead atoms. The van der Waals surface area contributed by atoms with E-state index in [9.17, 15) is 26.4 Å². The molecule has 2 aromatic rings. The van der Waals surface area contributed by atoms with Gasteiger partial charge < -0.3 is 0 Å². The van der Waals surface area contributed by atoms with Gasteiger partial charge in [-0.1, -0.05) is 12.1 Å². The normalized spacial score (nSPS) is 14.4. The van der Waals surface area contributed by atoms with Gasteiger partial charge in [-0.3, -0.25) is 4.79 Å². The number of nitrogens with zero attached hydrogens (tertiary/aromatic N) is 2. The van der Waals surface area contributed by atoms with E-state index in [1.807, 2.05) is 0 Å². The lowest BCUT2D eigenvalue weighted by Crippen LogP contribution is -2.33. The van der Waals surface area contributed by atoms with Crippen LogP contribution in [0.4, 0.5) is 13.2 Å². The molecule has 1 aliphatic rings. The van der Waals surface area contributed by atoms with Crippen LogP contribution in [0.3, 0.4) is 0 Å². The second kappa shape index (κ2) is 6.84. The fourth-order valence-corrected chi connectivity index (χ4v) is 4.14. The van der Waals surface area contributed by atoms with Crippen LogP contribution in [0.2, 0.25) is 0 Å². The van der Waals surface area contributed by atoms with Crippen molar-refractivity contribution in [2.75, 3.05) is 6.54 Å². The number of benzene rings is 1. The summed E-state index contributed by atoms with van der Waals surface area (Å²) in [4.78, 5) is 11.1. The first-order chi connectivity index (χ1) is 12.2. The topological polar surface area (TPSA) is 81.1 Å². The van der Waals surface area contributed by atoms with E-state index in [2.05, 4.69) is 9.82 Å². The number of alkyl halides is 3. The molecule has 0 atom stereocenters. The Bertz CT molecular complexity index is 984. The van der Waals surface area contributed by atoms with Crippen molar-refractivity contribution in [2.45, 2.75) is 36.9 Å². The van der Waals surface area contributed by atoms with Crippen molar-refractivity contribution >= 4 is 10.0 Å². The molecule has 0 aliphatic heterocycles. The highest BCUT2D eigenvalue weighted by Crippen LogP contribution is 2.33. The van der Waals surface area contributed by atoms with E-state index in [1.54, 1.807) is 0 Å². The molecule has 1 heterocycles. The van der Waals surface area contributed by atoms with Gasteiger partial charge in [-0.2, -0.15) is 18.3 Å². The number of aromatic nitrogens is 2. The van der Waals surface area contributed by atoms with Gasteiger partial charge in [0.25, 0.3) is 5.56 Å². The average Bonchev–Trinajstić information content (AvgIpc) is 3.01. The summed E-state index contributed by atoms with van der Waals surface area (Å²) >= 11 is 0. The minimum atomic E-state index is -4.79. The van der Waals surface area contributed by atoms with Gasteiger partial charge >= 0.3 is 6.18 Å². The maximum absolute atomic E-state index is 13.0. The molecule has 6 nitrogen and oxygen atoms in total. The summed E-state index contributed by atoms with van der Waals surface area (Å²) in [5.41, 5.74) is 0.0988. The Kier molecular flexibility index (Phi) is 4.89. The first-order valence-corrected chi connectivity index (χ1v) is 9.42. The number of halogens is 3. The molecule has 1 N–H and O–H groups in total. The van der Waals surface area contributed by atoms with Gasteiger partial charge in [0, 0.05) is 12.6 Å². The average molecular weight is 387 g/mol. The molecule has 3 rings (SSSR count). The smallest absolute Gasteiger partial charge is 0.268 e. The molecule has 0 saturated heterocycles. The van der Waals surface area contributed by atoms with E-state index >= 15 is 0 Å². The molecular weight excluding hydrogens is 371 g/mol. The molecule has 0 fully saturated rings. The van der Waals surface area contributed by atoms with Crippen molar-refractivity contribution in [2.24, 2.45) is 0 Å². The van der Waals surface area contributed by atoms with Crippen LogP contribution in [0.25, 0.3) is 0 Å². The fourth-order valence-electron chi connectivity index (χ4n) is 2.90. The molecule has 140 valence electrons. The maximum atomic E-state index is 13.0. The second-order valence-corrected chi connectivity index (χ2v) is 7.66. The fraction of sp³-hybridized carbons (Fsp3) is 0.375. The summed E-state index contributed by atoms with van der Waals surface area (Å²) < 4.78 is 66.7. The summed E-state index contributed by atoms with van der Waals surface area (Å²) in [7, 11) is -4.38. The minimum Gasteiger partial charge on any atom is -0.268 e. The van der Waals surface area contributed by atoms with Gasteiger partial charge in [-0.25, -0.2) is 17.8 Å². The maximum Gasteiger partial charge on any atom is 0.417 e. The number of rotatable bonds is 5. The predicted octanol–water partition coefficient (Wildman–Crippen LogP) is 1.73. The van der Waals surface area contributed by atoms with Gasteiger partial charge in [-0.05, 0) is 37.0 Å². The number of nitrogens with one attached hydrogen (secondary N) is 1. The molecule has 10 heteroatoms. The highest BCUT2D eigenvalue weighted by atomic mass is 32.2. The highest BCUT2D eigenvalue weighted by molar-refractivity contribution is 7.89. The van der Waals surface area contributed by atoms with E-state index in [4.69, 9.17) is 0 Å². The second-order valence-electron chi connectivity index (χ2n) is 5.92. The molecule has 1 aromatic carbocycles. The molecular formula is C16H16F3N3O3S. The summed E-state index contributed by atoms with van der Waals surface area (Å²) in [6.45, 7) is -0.320. The van der Waals surface area contributed by atoms with Crippen molar-refractivity contribution in [1.82, 2.24) is 14.5 Å². The monoisotopic (exact) mass is 387 g/mol. The zero-order valence-corrected chi connectivity index (χ0v) is 14.4. The van der Waals surface area contributed by atoms with Crippen LogP contribution >= 0.6 is 0 Å². The number of fused-ring (bicyclic) bond motifs is 1. The zero-order valence-electron chi connectivity index (χ0n) is 13.6. The largest absolute Gasteiger partial charge is 0.417 e. The van der Waals surface area contributed by atoms with Crippen molar-refractivity contribution in [3.8, 4) is 0 Å². The van der Waals surface area contributed by atoms with E-state index in [-0.39, 0.29) is 18.6 Å². The Morgan fingerprint density at radius 3 is 2.65 bits per heavy atom. The summed E-state index contributed by atoms with van der Waals surface area (Å²) in [5, 5.41) is 4.19. The number of aryl methyl sites for hydroxylation is 2. The molecule has 0 amide bonds. The molecule has 0 radical (unpaired) electrons. The Morgan fingerprint density at radius 1 is 1.19 bits per heavy atom. The Balaban J connectivity index is 1.76. The third-order valence-electron chi connectivity index (χ3n) is 4.12. The lowest BCUT2D eigenvalue weighted by atomic mass is 10.2. The number of hydrogen-bond acceptors (Lipinski definition) is 4. The molecule has 0 spiro atoms. The zero-order chi connectivity index (χ0) is 18.9. The van der Waals surface area contributed by atoms with Crippen LogP contribution in [0.1, 0.15) is 23.2 Å². The third kappa shape index (κ3) is 3.80. The van der Waals surface area contributed by atoms with Crippen molar-refractivity contribution in [1.29, 1.82) is 0 Å². The Labute approximate surface area is 147 Å². The van der Waals surface area contributed by atoms with Crippen molar-refractivity contribution in [3.05, 3.63) is 57.5 Å². The van der Waals surface area contributed by atoms with E-state index in [0.717, 1.165) is 47.3 Å². The van der Waals surface area contributed by atoms with Crippen LogP contribution < -0.4 is 10.3 Å². The minimum absolute atomic E-state index is 0.0699. The SMILES string of the molecule is O=c1cc2c(nn1CCNS(=O)(=O)c1ccccc1C(F)(F)F)CCC2. The summed E-state index contributed by atoms with van der Waals surface area (Å²) in [6.07, 6.45) is -2.34. The molecule has 1 aliphatic carbocycles. The van der Waals surface area contributed by atoms with Gasteiger partial charge in [0.15, 0.2) is 0 Å². The van der Waals surface area contributed by atoms with E-state index < -0.39 is 26.7 Å². The summed E-state index contributed by atoms with van der Waals surface area (Å²) in [5.74, 6) is 0. The van der Waals surface area contributed by atoms with Crippen molar-refractivity contribution in [3.63, 3.8) is 0 Å². The highest BCUT2D eigenvalue weighted by Gasteiger charge is 2.36. The first-order valence-electron chi connectivity index (χ1n) is 7.94. The molecule has 0 unspecified atom stereocenters. The van der Waals surface area contributed by atoms with Crippen LogP contribution in [0.15, 0.2) is 40.0 Å². The molecule has 0 saturated carbocycles. The van der Waals surface area contributed by atoms with Crippen LogP contribution in [-0.4, -0.2) is 24.7 Å². The predicted molar refractivity (Wildman–Crippen MR) is 87.2 cm³/mol. The van der Waals surface area contributed by atoms with Gasteiger partial charge in [0.05, 0.1) is 22.7 Å².